The highest BCUT2D eigenvalue weighted by Gasteiger charge is 2.56. The molecule has 0 bridgehead atoms. The van der Waals surface area contributed by atoms with Gasteiger partial charge in [-0.2, -0.15) is 0 Å². The highest BCUT2D eigenvalue weighted by atomic mass is 16.5. The summed E-state index contributed by atoms with van der Waals surface area (Å²) >= 11 is 0. The number of methoxy groups -OCH3 is 2. The number of hydrogen-bond acceptors (Lipinski definition) is 3. The topological polar surface area (TPSA) is 35.5 Å². The predicted octanol–water partition coefficient (Wildman–Crippen LogP) is 5.77. The van der Waals surface area contributed by atoms with E-state index in [-0.39, 0.29) is 17.3 Å². The van der Waals surface area contributed by atoms with Crippen LogP contribution in [0.5, 0.6) is 5.75 Å². The molecule has 0 N–H and O–H groups in total. The van der Waals surface area contributed by atoms with Gasteiger partial charge in [-0.05, 0) is 71.4 Å². The summed E-state index contributed by atoms with van der Waals surface area (Å²) < 4.78 is 11.0. The van der Waals surface area contributed by atoms with Crippen LogP contribution in [-0.4, -0.2) is 20.2 Å². The van der Waals surface area contributed by atoms with Gasteiger partial charge in [0.15, 0.2) is 0 Å². The molecule has 30 heavy (non-hydrogen) atoms. The van der Waals surface area contributed by atoms with Crippen LogP contribution in [0.1, 0.15) is 55.4 Å². The zero-order chi connectivity index (χ0) is 21.1. The average Bonchev–Trinajstić information content (AvgIpc) is 3.14. The molecule has 3 heteroatoms. The summed E-state index contributed by atoms with van der Waals surface area (Å²) in [7, 11) is 3.24. The molecule has 0 aromatic heterocycles. The Bertz CT molecular complexity index is 1090. The van der Waals surface area contributed by atoms with Crippen molar-refractivity contribution in [2.24, 2.45) is 11.3 Å². The Morgan fingerprint density at radius 1 is 1.07 bits per heavy atom. The maximum Gasteiger partial charge on any atom is 0.312 e. The van der Waals surface area contributed by atoms with E-state index in [1.807, 2.05) is 6.07 Å². The first-order chi connectivity index (χ1) is 14.4. The standard InChI is InChI=1S/C27H28O3/c1-26-11-8-12-27(2,25(28)30-4)23(26)14-18-13-20(17-9-6-5-7-10-17)21-15-19(29-3)16-22(26)24(18)21/h5-7,9-10,13-16,23H,8,11-12H2,1-4H3/t23?,26-,27+/m1/s1. The van der Waals surface area contributed by atoms with E-state index in [0.717, 1.165) is 25.0 Å². The Kier molecular flexibility index (Phi) is 4.22. The number of carbonyl (C=O) groups excluding carboxylic acids is 1. The Hall–Kier alpha value is -2.81. The van der Waals surface area contributed by atoms with E-state index in [0.29, 0.717) is 0 Å². The molecule has 2 aromatic rings. The molecule has 3 nitrogen and oxygen atoms in total. The van der Waals surface area contributed by atoms with Crippen LogP contribution in [0.2, 0.25) is 0 Å². The number of hydrogen-bond donors (Lipinski definition) is 0. The summed E-state index contributed by atoms with van der Waals surface area (Å²) in [6.45, 7) is 4.40. The molecule has 1 unspecified atom stereocenters. The number of carbonyl (C=O) groups is 1. The summed E-state index contributed by atoms with van der Waals surface area (Å²) in [5, 5.41) is 0. The Labute approximate surface area is 178 Å². The van der Waals surface area contributed by atoms with Crippen LogP contribution in [-0.2, 0) is 14.9 Å². The van der Waals surface area contributed by atoms with Crippen LogP contribution in [0.15, 0.2) is 54.6 Å². The van der Waals surface area contributed by atoms with Crippen molar-refractivity contribution in [2.45, 2.75) is 38.5 Å². The van der Waals surface area contributed by atoms with E-state index < -0.39 is 5.41 Å². The normalized spacial score (nSPS) is 28.7. The lowest BCUT2D eigenvalue weighted by Crippen LogP contribution is -2.51. The lowest BCUT2D eigenvalue weighted by Gasteiger charge is -2.52. The van der Waals surface area contributed by atoms with E-state index in [1.54, 1.807) is 7.11 Å². The van der Waals surface area contributed by atoms with E-state index in [1.165, 1.54) is 40.5 Å². The first kappa shape index (κ1) is 19.2. The molecule has 3 aliphatic carbocycles. The number of esters is 1. The summed E-state index contributed by atoms with van der Waals surface area (Å²) in [5.74, 6) is 0.853. The van der Waals surface area contributed by atoms with Crippen LogP contribution >= 0.6 is 0 Å². The van der Waals surface area contributed by atoms with Gasteiger partial charge in [-0.3, -0.25) is 4.79 Å². The van der Waals surface area contributed by atoms with Crippen molar-refractivity contribution in [1.29, 1.82) is 0 Å². The van der Waals surface area contributed by atoms with Gasteiger partial charge in [-0.15, -0.1) is 0 Å². The molecule has 2 aromatic carbocycles. The summed E-state index contributed by atoms with van der Waals surface area (Å²) in [6, 6.07) is 14.9. The molecule has 0 saturated heterocycles. The van der Waals surface area contributed by atoms with Crippen LogP contribution in [0.3, 0.4) is 0 Å². The third-order valence-electron chi connectivity index (χ3n) is 7.69. The third-order valence-corrected chi connectivity index (χ3v) is 7.69. The largest absolute Gasteiger partial charge is 0.497 e. The molecule has 0 amide bonds. The summed E-state index contributed by atoms with van der Waals surface area (Å²) in [4.78, 5) is 12.9. The molecular formula is C27H28O3. The second-order valence-corrected chi connectivity index (χ2v) is 9.30. The Morgan fingerprint density at radius 2 is 1.83 bits per heavy atom. The number of fused-ring (bicyclic) bond motifs is 2. The quantitative estimate of drug-likeness (QED) is 0.613. The van der Waals surface area contributed by atoms with Gasteiger partial charge in [-0.1, -0.05) is 49.8 Å². The first-order valence-electron chi connectivity index (χ1n) is 10.7. The van der Waals surface area contributed by atoms with Crippen molar-refractivity contribution >= 4 is 17.1 Å². The van der Waals surface area contributed by atoms with Crippen molar-refractivity contribution < 1.29 is 14.3 Å². The van der Waals surface area contributed by atoms with Gasteiger partial charge < -0.3 is 9.47 Å². The highest BCUT2D eigenvalue weighted by Crippen LogP contribution is 2.60. The fourth-order valence-electron chi connectivity index (χ4n) is 6.15. The van der Waals surface area contributed by atoms with Crippen molar-refractivity contribution in [3.63, 3.8) is 0 Å². The molecule has 1 saturated carbocycles. The van der Waals surface area contributed by atoms with Gasteiger partial charge in [0.2, 0.25) is 0 Å². The van der Waals surface area contributed by atoms with Crippen molar-refractivity contribution in [2.75, 3.05) is 14.2 Å². The van der Waals surface area contributed by atoms with Crippen LogP contribution in [0.4, 0.5) is 0 Å². The minimum Gasteiger partial charge on any atom is -0.497 e. The van der Waals surface area contributed by atoms with E-state index in [9.17, 15) is 4.79 Å². The maximum atomic E-state index is 12.9. The fraction of sp³-hybridized carbons (Fsp3) is 0.370. The fourth-order valence-corrected chi connectivity index (χ4v) is 6.15. The molecule has 3 atom stereocenters. The van der Waals surface area contributed by atoms with Gasteiger partial charge in [0.1, 0.15) is 5.75 Å². The van der Waals surface area contributed by atoms with Gasteiger partial charge in [0.25, 0.3) is 0 Å². The van der Waals surface area contributed by atoms with E-state index in [4.69, 9.17) is 9.47 Å². The van der Waals surface area contributed by atoms with Gasteiger partial charge in [0.05, 0.1) is 19.6 Å². The molecular weight excluding hydrogens is 372 g/mol. The average molecular weight is 401 g/mol. The third kappa shape index (κ3) is 2.47. The summed E-state index contributed by atoms with van der Waals surface area (Å²) in [5.41, 5.74) is 6.82. The zero-order valence-electron chi connectivity index (χ0n) is 18.1. The van der Waals surface area contributed by atoms with Gasteiger partial charge >= 0.3 is 5.97 Å². The van der Waals surface area contributed by atoms with Crippen molar-refractivity contribution in [1.82, 2.24) is 0 Å². The Balaban J connectivity index is 1.78. The molecule has 3 aliphatic rings. The smallest absolute Gasteiger partial charge is 0.312 e. The minimum atomic E-state index is -0.529. The van der Waals surface area contributed by atoms with E-state index in [2.05, 4.69) is 62.4 Å². The SMILES string of the molecule is COC(=O)[C@@]1(C)CCC[C@]2(C)c3cc(OC)cc4c3C(=CC12)C=C4c1ccccc1. The predicted molar refractivity (Wildman–Crippen MR) is 119 cm³/mol. The molecule has 0 spiro atoms. The Morgan fingerprint density at radius 3 is 2.53 bits per heavy atom. The monoisotopic (exact) mass is 400 g/mol. The highest BCUT2D eigenvalue weighted by molar-refractivity contribution is 6.03. The molecule has 5 rings (SSSR count). The lowest BCUT2D eigenvalue weighted by atomic mass is 9.51. The molecule has 154 valence electrons. The maximum absolute atomic E-state index is 12.9. The first-order valence-corrected chi connectivity index (χ1v) is 10.7. The number of benzene rings is 2. The van der Waals surface area contributed by atoms with E-state index >= 15 is 0 Å². The number of allylic oxidation sites excluding steroid dienone is 3. The van der Waals surface area contributed by atoms with Crippen LogP contribution in [0.25, 0.3) is 11.1 Å². The molecule has 1 fully saturated rings. The van der Waals surface area contributed by atoms with Crippen molar-refractivity contribution in [3.05, 3.63) is 76.9 Å². The number of ether oxygens (including phenoxy) is 2. The van der Waals surface area contributed by atoms with Crippen LogP contribution in [0, 0.1) is 11.3 Å². The van der Waals surface area contributed by atoms with Gasteiger partial charge in [0, 0.05) is 11.3 Å². The minimum absolute atomic E-state index is 0.0834. The summed E-state index contributed by atoms with van der Waals surface area (Å²) in [6.07, 6.45) is 7.55. The molecule has 0 heterocycles. The molecule has 0 aliphatic heterocycles. The molecule has 0 radical (unpaired) electrons. The number of rotatable bonds is 3. The second-order valence-electron chi connectivity index (χ2n) is 9.30. The van der Waals surface area contributed by atoms with Crippen molar-refractivity contribution in [3.8, 4) is 5.75 Å². The second kappa shape index (κ2) is 6.60. The van der Waals surface area contributed by atoms with Gasteiger partial charge in [-0.25, -0.2) is 0 Å². The zero-order valence-corrected chi connectivity index (χ0v) is 18.1. The lowest BCUT2D eigenvalue weighted by molar-refractivity contribution is -0.158. The van der Waals surface area contributed by atoms with Crippen LogP contribution < -0.4 is 4.74 Å².